The summed E-state index contributed by atoms with van der Waals surface area (Å²) in [4.78, 5) is 11.9. The van der Waals surface area contributed by atoms with Gasteiger partial charge in [-0.3, -0.25) is 4.79 Å². The molecule has 5 nitrogen and oxygen atoms in total. The number of hydrogen-bond acceptors (Lipinski definition) is 4. The summed E-state index contributed by atoms with van der Waals surface area (Å²) >= 11 is 0. The maximum atomic E-state index is 12.4. The lowest BCUT2D eigenvalue weighted by Crippen LogP contribution is -2.41. The molecule has 0 saturated carbocycles. The lowest BCUT2D eigenvalue weighted by Gasteiger charge is -2.17. The van der Waals surface area contributed by atoms with E-state index in [4.69, 9.17) is 5.73 Å². The summed E-state index contributed by atoms with van der Waals surface area (Å²) in [5, 5.41) is 1.43. The van der Waals surface area contributed by atoms with Crippen LogP contribution >= 0.6 is 0 Å². The van der Waals surface area contributed by atoms with Crippen molar-refractivity contribution >= 4 is 21.4 Å². The average Bonchev–Trinajstić information content (AvgIpc) is 2.30. The smallest absolute Gasteiger partial charge is 0.238 e. The molecule has 0 spiro atoms. The third-order valence-corrected chi connectivity index (χ3v) is 4.97. The van der Waals surface area contributed by atoms with Crippen LogP contribution in [0.4, 0.5) is 5.69 Å². The fourth-order valence-electron chi connectivity index (χ4n) is 1.64. The number of nitrogen functional groups attached to an aromatic ring is 1. The van der Waals surface area contributed by atoms with Gasteiger partial charge in [0.05, 0.1) is 10.6 Å². The number of benzene rings is 1. The Hall–Kier alpha value is -1.56. The highest BCUT2D eigenvalue weighted by Crippen LogP contribution is 2.25. The van der Waals surface area contributed by atoms with Crippen molar-refractivity contribution in [2.24, 2.45) is 0 Å². The van der Waals surface area contributed by atoms with Crippen LogP contribution in [-0.2, 0) is 14.6 Å². The molecule has 0 aliphatic carbocycles. The van der Waals surface area contributed by atoms with Gasteiger partial charge in [0, 0.05) is 6.04 Å². The average molecular weight is 284 g/mol. The van der Waals surface area contributed by atoms with Crippen molar-refractivity contribution < 1.29 is 13.2 Å². The summed E-state index contributed by atoms with van der Waals surface area (Å²) in [6.45, 7) is 6.65. The Morgan fingerprint density at radius 2 is 1.84 bits per heavy atom. The maximum absolute atomic E-state index is 12.4. The number of carbonyl (C=O) groups excluding carboxylic acids is 1. The summed E-state index contributed by atoms with van der Waals surface area (Å²) in [6, 6.07) is 4.66. The monoisotopic (exact) mass is 284 g/mol. The van der Waals surface area contributed by atoms with Gasteiger partial charge in [0.1, 0.15) is 5.25 Å². The lowest BCUT2D eigenvalue weighted by molar-refractivity contribution is -0.120. The van der Waals surface area contributed by atoms with Crippen molar-refractivity contribution in [3.63, 3.8) is 0 Å². The molecule has 1 amide bonds. The first-order valence-corrected chi connectivity index (χ1v) is 7.62. The fraction of sp³-hybridized carbons (Fsp3) is 0.462. The number of hydrogen-bond donors (Lipinski definition) is 2. The number of aryl methyl sites for hydroxylation is 1. The molecule has 0 aliphatic rings. The van der Waals surface area contributed by atoms with Crippen molar-refractivity contribution in [3.05, 3.63) is 23.8 Å². The van der Waals surface area contributed by atoms with E-state index in [1.807, 2.05) is 0 Å². The predicted molar refractivity (Wildman–Crippen MR) is 75.5 cm³/mol. The van der Waals surface area contributed by atoms with Crippen LogP contribution in [0.2, 0.25) is 0 Å². The van der Waals surface area contributed by atoms with Crippen LogP contribution in [0.1, 0.15) is 26.3 Å². The van der Waals surface area contributed by atoms with E-state index in [9.17, 15) is 13.2 Å². The quantitative estimate of drug-likeness (QED) is 0.815. The van der Waals surface area contributed by atoms with E-state index < -0.39 is 21.0 Å². The van der Waals surface area contributed by atoms with Gasteiger partial charge in [-0.1, -0.05) is 12.1 Å². The number of sulfone groups is 1. The van der Waals surface area contributed by atoms with Gasteiger partial charge in [-0.15, -0.1) is 0 Å². The highest BCUT2D eigenvalue weighted by Gasteiger charge is 2.31. The second-order valence-corrected chi connectivity index (χ2v) is 7.07. The molecule has 1 rings (SSSR count). The second kappa shape index (κ2) is 5.61. The third-order valence-electron chi connectivity index (χ3n) is 2.86. The standard InChI is InChI=1S/C13H20N2O3S/c1-8(2)15-13(16)10(4)19(17,18)11-7-5-6-9(3)12(11)14/h5-8,10H,14H2,1-4H3,(H,15,16). The number of nitrogens with two attached hydrogens (primary N) is 1. The van der Waals surface area contributed by atoms with E-state index >= 15 is 0 Å². The van der Waals surface area contributed by atoms with E-state index in [-0.39, 0.29) is 16.6 Å². The molecule has 1 aromatic rings. The number of rotatable bonds is 4. The van der Waals surface area contributed by atoms with Crippen molar-refractivity contribution in [1.29, 1.82) is 0 Å². The molecule has 1 aromatic carbocycles. The maximum Gasteiger partial charge on any atom is 0.238 e. The largest absolute Gasteiger partial charge is 0.397 e. The van der Waals surface area contributed by atoms with Crippen molar-refractivity contribution in [3.8, 4) is 0 Å². The van der Waals surface area contributed by atoms with Gasteiger partial charge in [-0.25, -0.2) is 8.42 Å². The highest BCUT2D eigenvalue weighted by atomic mass is 32.2. The first-order valence-electron chi connectivity index (χ1n) is 6.07. The third kappa shape index (κ3) is 3.26. The van der Waals surface area contributed by atoms with Crippen molar-refractivity contribution in [2.75, 3.05) is 5.73 Å². The molecule has 0 heterocycles. The summed E-state index contributed by atoms with van der Waals surface area (Å²) in [5.74, 6) is -0.518. The number of nitrogens with one attached hydrogen (secondary N) is 1. The Labute approximate surface area is 114 Å². The van der Waals surface area contributed by atoms with Crippen LogP contribution in [0.25, 0.3) is 0 Å². The summed E-state index contributed by atoms with van der Waals surface area (Å²) in [6.07, 6.45) is 0. The lowest BCUT2D eigenvalue weighted by atomic mass is 10.2. The first kappa shape index (κ1) is 15.5. The molecule has 3 N–H and O–H groups in total. The minimum atomic E-state index is -3.77. The fourth-order valence-corrected chi connectivity index (χ4v) is 3.10. The van der Waals surface area contributed by atoms with Gasteiger partial charge >= 0.3 is 0 Å². The van der Waals surface area contributed by atoms with Crippen LogP contribution in [0.15, 0.2) is 23.1 Å². The molecule has 0 aromatic heterocycles. The second-order valence-electron chi connectivity index (χ2n) is 4.84. The minimum Gasteiger partial charge on any atom is -0.397 e. The Morgan fingerprint density at radius 1 is 1.26 bits per heavy atom. The molecule has 0 fully saturated rings. The SMILES string of the molecule is Cc1cccc(S(=O)(=O)C(C)C(=O)NC(C)C)c1N. The first-order chi connectivity index (χ1) is 8.67. The highest BCUT2D eigenvalue weighted by molar-refractivity contribution is 7.93. The van der Waals surface area contributed by atoms with E-state index in [0.29, 0.717) is 5.56 Å². The van der Waals surface area contributed by atoms with Gasteiger partial charge in [0.25, 0.3) is 0 Å². The summed E-state index contributed by atoms with van der Waals surface area (Å²) in [5.41, 5.74) is 6.68. The molecule has 6 heteroatoms. The Bertz CT molecular complexity index is 580. The molecule has 19 heavy (non-hydrogen) atoms. The van der Waals surface area contributed by atoms with Crippen molar-refractivity contribution in [2.45, 2.75) is 43.9 Å². The Balaban J connectivity index is 3.17. The molecular formula is C13H20N2O3S. The van der Waals surface area contributed by atoms with Gasteiger partial charge in [-0.2, -0.15) is 0 Å². The van der Waals surface area contributed by atoms with E-state index in [1.54, 1.807) is 32.9 Å². The van der Waals surface area contributed by atoms with Gasteiger partial charge in [0.15, 0.2) is 9.84 Å². The van der Waals surface area contributed by atoms with Gasteiger partial charge in [-0.05, 0) is 39.3 Å². The predicted octanol–water partition coefficient (Wildman–Crippen LogP) is 1.26. The van der Waals surface area contributed by atoms with Crippen LogP contribution in [0.5, 0.6) is 0 Å². The molecule has 0 radical (unpaired) electrons. The molecule has 1 atom stereocenters. The van der Waals surface area contributed by atoms with Crippen LogP contribution in [0.3, 0.4) is 0 Å². The minimum absolute atomic E-state index is 0.0129. The molecule has 0 aliphatic heterocycles. The summed E-state index contributed by atoms with van der Waals surface area (Å²) < 4.78 is 24.8. The summed E-state index contributed by atoms with van der Waals surface area (Å²) in [7, 11) is -3.77. The van der Waals surface area contributed by atoms with Gasteiger partial charge in [0.2, 0.25) is 5.91 Å². The van der Waals surface area contributed by atoms with Crippen LogP contribution in [-0.4, -0.2) is 25.6 Å². The van der Waals surface area contributed by atoms with E-state index in [2.05, 4.69) is 5.32 Å². The topological polar surface area (TPSA) is 89.3 Å². The molecule has 106 valence electrons. The molecule has 0 saturated heterocycles. The number of para-hydroxylation sites is 1. The zero-order valence-electron chi connectivity index (χ0n) is 11.6. The van der Waals surface area contributed by atoms with Crippen LogP contribution in [0, 0.1) is 6.92 Å². The molecule has 1 unspecified atom stereocenters. The molecule has 0 bridgehead atoms. The zero-order chi connectivity index (χ0) is 14.8. The zero-order valence-corrected chi connectivity index (χ0v) is 12.4. The van der Waals surface area contributed by atoms with Gasteiger partial charge < -0.3 is 11.1 Å². The Kier molecular flexibility index (Phi) is 4.57. The molecular weight excluding hydrogens is 264 g/mol. The van der Waals surface area contributed by atoms with E-state index in [1.165, 1.54) is 13.0 Å². The normalized spacial score (nSPS) is 13.3. The number of anilines is 1. The Morgan fingerprint density at radius 3 is 2.37 bits per heavy atom. The van der Waals surface area contributed by atoms with Crippen molar-refractivity contribution in [1.82, 2.24) is 5.32 Å². The van der Waals surface area contributed by atoms with E-state index in [0.717, 1.165) is 0 Å². The van der Waals surface area contributed by atoms with Crippen LogP contribution < -0.4 is 11.1 Å². The number of amides is 1. The number of carbonyl (C=O) groups is 1.